The third-order valence-electron chi connectivity index (χ3n) is 6.09. The molecule has 2 saturated heterocycles. The van der Waals surface area contributed by atoms with Crippen LogP contribution in [-0.2, 0) is 11.2 Å². The van der Waals surface area contributed by atoms with Gasteiger partial charge in [0, 0.05) is 31.6 Å². The standard InChI is InChI=1S/C21H34N2O2/c1-17(2)22-10-8-20(9-11-22)23-12-13-25-21(15-23,16-24)14-19-7-5-4-6-18(19)3/h4-7,17,20,24H,8-16H2,1-3H3. The van der Waals surface area contributed by atoms with Crippen molar-refractivity contribution < 1.29 is 9.84 Å². The van der Waals surface area contributed by atoms with E-state index in [9.17, 15) is 5.11 Å². The first-order valence-corrected chi connectivity index (χ1v) is 9.80. The molecule has 2 aliphatic heterocycles. The van der Waals surface area contributed by atoms with Crippen LogP contribution >= 0.6 is 0 Å². The first-order chi connectivity index (χ1) is 12.0. The van der Waals surface area contributed by atoms with Crippen molar-refractivity contribution in [3.8, 4) is 0 Å². The van der Waals surface area contributed by atoms with Crippen LogP contribution in [0.25, 0.3) is 0 Å². The number of aryl methyl sites for hydroxylation is 1. The monoisotopic (exact) mass is 346 g/mol. The summed E-state index contributed by atoms with van der Waals surface area (Å²) in [5.74, 6) is 0. The lowest BCUT2D eigenvalue weighted by atomic mass is 9.89. The third-order valence-corrected chi connectivity index (χ3v) is 6.09. The minimum atomic E-state index is -0.459. The van der Waals surface area contributed by atoms with Crippen molar-refractivity contribution in [1.29, 1.82) is 0 Å². The number of ether oxygens (including phenoxy) is 1. The molecule has 0 aromatic heterocycles. The van der Waals surface area contributed by atoms with Crippen LogP contribution in [0.5, 0.6) is 0 Å². The van der Waals surface area contributed by atoms with E-state index in [1.807, 2.05) is 0 Å². The van der Waals surface area contributed by atoms with Crippen molar-refractivity contribution in [3.63, 3.8) is 0 Å². The minimum absolute atomic E-state index is 0.0860. The smallest absolute Gasteiger partial charge is 0.108 e. The Bertz CT molecular complexity index is 555. The van der Waals surface area contributed by atoms with Gasteiger partial charge in [-0.05, 0) is 57.8 Å². The Kier molecular flexibility index (Phi) is 6.16. The average Bonchev–Trinajstić information content (AvgIpc) is 2.64. The predicted molar refractivity (Wildman–Crippen MR) is 102 cm³/mol. The zero-order valence-corrected chi connectivity index (χ0v) is 16.1. The molecule has 1 N–H and O–H groups in total. The van der Waals surface area contributed by atoms with Crippen molar-refractivity contribution in [2.75, 3.05) is 39.4 Å². The summed E-state index contributed by atoms with van der Waals surface area (Å²) in [7, 11) is 0. The van der Waals surface area contributed by atoms with E-state index in [-0.39, 0.29) is 6.61 Å². The fourth-order valence-electron chi connectivity index (χ4n) is 4.37. The molecule has 25 heavy (non-hydrogen) atoms. The maximum absolute atomic E-state index is 10.2. The molecule has 3 rings (SSSR count). The Hall–Kier alpha value is -0.940. The summed E-state index contributed by atoms with van der Waals surface area (Å²) in [6.07, 6.45) is 3.24. The van der Waals surface area contributed by atoms with Gasteiger partial charge >= 0.3 is 0 Å². The molecule has 140 valence electrons. The number of piperidine rings is 1. The molecule has 1 aromatic carbocycles. The summed E-state index contributed by atoms with van der Waals surface area (Å²) in [6, 6.07) is 9.72. The van der Waals surface area contributed by atoms with Crippen LogP contribution in [0.1, 0.15) is 37.8 Å². The third kappa shape index (κ3) is 4.43. The molecule has 0 bridgehead atoms. The Morgan fingerprint density at radius 2 is 1.92 bits per heavy atom. The number of rotatable bonds is 5. The van der Waals surface area contributed by atoms with Gasteiger partial charge in [0.15, 0.2) is 0 Å². The number of aliphatic hydroxyl groups excluding tert-OH is 1. The van der Waals surface area contributed by atoms with E-state index in [2.05, 4.69) is 54.8 Å². The molecule has 1 atom stereocenters. The van der Waals surface area contributed by atoms with Crippen LogP contribution in [0.2, 0.25) is 0 Å². The molecule has 2 aliphatic rings. The topological polar surface area (TPSA) is 35.9 Å². The number of hydrogen-bond donors (Lipinski definition) is 1. The lowest BCUT2D eigenvalue weighted by Crippen LogP contribution is -2.59. The first kappa shape index (κ1) is 18.8. The molecule has 0 spiro atoms. The van der Waals surface area contributed by atoms with Gasteiger partial charge in [0.25, 0.3) is 0 Å². The zero-order chi connectivity index (χ0) is 17.9. The maximum Gasteiger partial charge on any atom is 0.108 e. The number of nitrogens with zero attached hydrogens (tertiary/aromatic N) is 2. The molecule has 1 aromatic rings. The van der Waals surface area contributed by atoms with Gasteiger partial charge in [-0.3, -0.25) is 4.90 Å². The first-order valence-electron chi connectivity index (χ1n) is 9.80. The maximum atomic E-state index is 10.2. The summed E-state index contributed by atoms with van der Waals surface area (Å²) in [6.45, 7) is 11.7. The summed E-state index contributed by atoms with van der Waals surface area (Å²) in [5, 5.41) is 10.2. The van der Waals surface area contributed by atoms with E-state index in [0.717, 1.165) is 26.1 Å². The minimum Gasteiger partial charge on any atom is -0.393 e. The van der Waals surface area contributed by atoms with Crippen molar-refractivity contribution in [3.05, 3.63) is 35.4 Å². The van der Waals surface area contributed by atoms with Crippen molar-refractivity contribution in [1.82, 2.24) is 9.80 Å². The summed E-state index contributed by atoms with van der Waals surface area (Å²) >= 11 is 0. The second-order valence-electron chi connectivity index (χ2n) is 8.12. The number of benzene rings is 1. The summed E-state index contributed by atoms with van der Waals surface area (Å²) < 4.78 is 6.15. The van der Waals surface area contributed by atoms with Gasteiger partial charge in [-0.1, -0.05) is 24.3 Å². The van der Waals surface area contributed by atoms with Crippen LogP contribution in [0.15, 0.2) is 24.3 Å². The van der Waals surface area contributed by atoms with Gasteiger partial charge in [0.1, 0.15) is 5.60 Å². The van der Waals surface area contributed by atoms with Crippen molar-refractivity contribution >= 4 is 0 Å². The second-order valence-corrected chi connectivity index (χ2v) is 8.12. The van der Waals surface area contributed by atoms with Gasteiger partial charge in [-0.15, -0.1) is 0 Å². The predicted octanol–water partition coefficient (Wildman–Crippen LogP) is 2.47. The lowest BCUT2D eigenvalue weighted by molar-refractivity contribution is -0.143. The Balaban J connectivity index is 1.65. The highest BCUT2D eigenvalue weighted by Crippen LogP contribution is 2.28. The van der Waals surface area contributed by atoms with Crippen LogP contribution in [-0.4, -0.2) is 72.0 Å². The van der Waals surface area contributed by atoms with Crippen molar-refractivity contribution in [2.24, 2.45) is 0 Å². The van der Waals surface area contributed by atoms with Gasteiger partial charge < -0.3 is 14.7 Å². The highest BCUT2D eigenvalue weighted by molar-refractivity contribution is 5.27. The molecular weight excluding hydrogens is 312 g/mol. The van der Waals surface area contributed by atoms with E-state index in [4.69, 9.17) is 4.74 Å². The van der Waals surface area contributed by atoms with Gasteiger partial charge in [-0.2, -0.15) is 0 Å². The highest BCUT2D eigenvalue weighted by Gasteiger charge is 2.39. The molecule has 0 radical (unpaired) electrons. The van der Waals surface area contributed by atoms with Crippen LogP contribution < -0.4 is 0 Å². The Morgan fingerprint density at radius 3 is 2.56 bits per heavy atom. The Labute approximate surface area is 152 Å². The molecular formula is C21H34N2O2. The van der Waals surface area contributed by atoms with Gasteiger partial charge in [0.05, 0.1) is 13.2 Å². The Morgan fingerprint density at radius 1 is 1.20 bits per heavy atom. The summed E-state index contributed by atoms with van der Waals surface area (Å²) in [4.78, 5) is 5.15. The largest absolute Gasteiger partial charge is 0.393 e. The van der Waals surface area contributed by atoms with E-state index in [1.54, 1.807) is 0 Å². The second kappa shape index (κ2) is 8.17. The van der Waals surface area contributed by atoms with E-state index < -0.39 is 5.60 Å². The SMILES string of the molecule is Cc1ccccc1CC1(CO)CN(C2CCN(C(C)C)CC2)CCO1. The molecule has 4 nitrogen and oxygen atoms in total. The molecule has 2 fully saturated rings. The fraction of sp³-hybridized carbons (Fsp3) is 0.714. The highest BCUT2D eigenvalue weighted by atomic mass is 16.5. The zero-order valence-electron chi connectivity index (χ0n) is 16.1. The van der Waals surface area contributed by atoms with Crippen molar-refractivity contribution in [2.45, 2.75) is 57.7 Å². The van der Waals surface area contributed by atoms with Crippen LogP contribution in [0, 0.1) is 6.92 Å². The molecule has 4 heteroatoms. The molecule has 0 amide bonds. The molecule has 1 unspecified atom stereocenters. The quantitative estimate of drug-likeness (QED) is 0.888. The molecule has 0 aliphatic carbocycles. The van der Waals surface area contributed by atoms with Crippen LogP contribution in [0.3, 0.4) is 0 Å². The molecule has 2 heterocycles. The number of hydrogen-bond acceptors (Lipinski definition) is 4. The van der Waals surface area contributed by atoms with Gasteiger partial charge in [0.2, 0.25) is 0 Å². The number of likely N-dealkylation sites (tertiary alicyclic amines) is 1. The summed E-state index contributed by atoms with van der Waals surface area (Å²) in [5.41, 5.74) is 2.11. The van der Waals surface area contributed by atoms with Gasteiger partial charge in [-0.25, -0.2) is 0 Å². The molecule has 0 saturated carbocycles. The number of aliphatic hydroxyl groups is 1. The van der Waals surface area contributed by atoms with E-state index in [0.29, 0.717) is 12.1 Å². The normalized spacial score (nSPS) is 27.1. The van der Waals surface area contributed by atoms with Crippen LogP contribution in [0.4, 0.5) is 0 Å². The lowest BCUT2D eigenvalue weighted by Gasteiger charge is -2.47. The van der Waals surface area contributed by atoms with E-state index in [1.165, 1.54) is 37.1 Å². The van der Waals surface area contributed by atoms with E-state index >= 15 is 0 Å². The fourth-order valence-corrected chi connectivity index (χ4v) is 4.37. The average molecular weight is 347 g/mol. The number of morpholine rings is 1.